The lowest BCUT2D eigenvalue weighted by Gasteiger charge is -2.31. The van der Waals surface area contributed by atoms with Crippen molar-refractivity contribution < 1.29 is 8.42 Å². The van der Waals surface area contributed by atoms with Crippen LogP contribution in [0.25, 0.3) is 0 Å². The number of alkyl halides is 1. The van der Waals surface area contributed by atoms with Crippen molar-refractivity contribution in [2.45, 2.75) is 50.8 Å². The van der Waals surface area contributed by atoms with E-state index in [0.717, 1.165) is 29.5 Å². The molecule has 1 aliphatic carbocycles. The van der Waals surface area contributed by atoms with E-state index in [1.807, 2.05) is 26.8 Å². The van der Waals surface area contributed by atoms with Crippen LogP contribution < -0.4 is 0 Å². The second-order valence-corrected chi connectivity index (χ2v) is 8.10. The SMILES string of the molecule is CCN(CC1CCC1)S(=O)(=O)c1cc(CCl)cc(C)c1C. The Hall–Kier alpha value is -0.580. The second kappa shape index (κ2) is 6.67. The smallest absolute Gasteiger partial charge is 0.207 e. The molecule has 0 amide bonds. The molecule has 0 aromatic heterocycles. The Morgan fingerprint density at radius 2 is 1.95 bits per heavy atom. The van der Waals surface area contributed by atoms with Crippen LogP contribution in [-0.4, -0.2) is 25.8 Å². The number of rotatable bonds is 6. The van der Waals surface area contributed by atoms with Gasteiger partial charge in [-0.1, -0.05) is 19.4 Å². The third-order valence-corrected chi connectivity index (χ3v) is 6.87. The molecule has 5 heteroatoms. The van der Waals surface area contributed by atoms with Gasteiger partial charge in [-0.15, -0.1) is 11.6 Å². The van der Waals surface area contributed by atoms with Gasteiger partial charge in [0.2, 0.25) is 10.0 Å². The predicted molar refractivity (Wildman–Crippen MR) is 87.2 cm³/mol. The van der Waals surface area contributed by atoms with Gasteiger partial charge in [-0.25, -0.2) is 8.42 Å². The molecule has 0 bridgehead atoms. The Morgan fingerprint density at radius 3 is 2.43 bits per heavy atom. The van der Waals surface area contributed by atoms with Crippen LogP contribution in [-0.2, 0) is 15.9 Å². The number of sulfonamides is 1. The molecule has 1 aromatic rings. The van der Waals surface area contributed by atoms with Crippen molar-refractivity contribution in [1.29, 1.82) is 0 Å². The molecular weight excluding hydrogens is 306 g/mol. The Bertz CT molecular complexity index is 609. The van der Waals surface area contributed by atoms with Gasteiger partial charge in [0.25, 0.3) is 0 Å². The summed E-state index contributed by atoms with van der Waals surface area (Å²) in [5.74, 6) is 0.857. The molecule has 118 valence electrons. The van der Waals surface area contributed by atoms with E-state index in [0.29, 0.717) is 29.8 Å². The molecule has 0 heterocycles. The highest BCUT2D eigenvalue weighted by Crippen LogP contribution is 2.30. The van der Waals surface area contributed by atoms with Crippen molar-refractivity contribution in [3.8, 4) is 0 Å². The van der Waals surface area contributed by atoms with E-state index in [1.54, 1.807) is 10.4 Å². The minimum Gasteiger partial charge on any atom is -0.207 e. The van der Waals surface area contributed by atoms with E-state index in [1.165, 1.54) is 6.42 Å². The van der Waals surface area contributed by atoms with Crippen LogP contribution in [0.15, 0.2) is 17.0 Å². The fraction of sp³-hybridized carbons (Fsp3) is 0.625. The monoisotopic (exact) mass is 329 g/mol. The normalized spacial score (nSPS) is 16.2. The summed E-state index contributed by atoms with van der Waals surface area (Å²) >= 11 is 5.89. The summed E-state index contributed by atoms with van der Waals surface area (Å²) in [6.07, 6.45) is 3.51. The molecule has 1 saturated carbocycles. The van der Waals surface area contributed by atoms with Crippen LogP contribution in [0.4, 0.5) is 0 Å². The van der Waals surface area contributed by atoms with Gasteiger partial charge in [-0.05, 0) is 55.4 Å². The Kier molecular flexibility index (Phi) is 5.33. The molecule has 1 aromatic carbocycles. The third-order valence-electron chi connectivity index (χ3n) is 4.49. The Labute approximate surface area is 133 Å². The Morgan fingerprint density at radius 1 is 1.29 bits per heavy atom. The molecule has 0 radical (unpaired) electrons. The van der Waals surface area contributed by atoms with Crippen LogP contribution in [0.5, 0.6) is 0 Å². The zero-order chi connectivity index (χ0) is 15.6. The molecule has 3 nitrogen and oxygen atoms in total. The summed E-state index contributed by atoms with van der Waals surface area (Å²) in [7, 11) is -3.43. The first-order valence-corrected chi connectivity index (χ1v) is 9.53. The van der Waals surface area contributed by atoms with Gasteiger partial charge in [0.15, 0.2) is 0 Å². The van der Waals surface area contributed by atoms with Crippen molar-refractivity contribution in [1.82, 2.24) is 4.31 Å². The maximum absolute atomic E-state index is 13.0. The summed E-state index contributed by atoms with van der Waals surface area (Å²) in [4.78, 5) is 0.416. The van der Waals surface area contributed by atoms with Crippen molar-refractivity contribution in [2.75, 3.05) is 13.1 Å². The van der Waals surface area contributed by atoms with Crippen LogP contribution in [0.1, 0.15) is 42.9 Å². The molecule has 1 aliphatic rings. The molecule has 1 fully saturated rings. The van der Waals surface area contributed by atoms with Gasteiger partial charge in [0, 0.05) is 19.0 Å². The summed E-state index contributed by atoms with van der Waals surface area (Å²) in [6.45, 7) is 6.87. The number of nitrogens with zero attached hydrogens (tertiary/aromatic N) is 1. The lowest BCUT2D eigenvalue weighted by atomic mass is 9.85. The summed E-state index contributed by atoms with van der Waals surface area (Å²) in [5.41, 5.74) is 2.67. The molecule has 0 atom stereocenters. The van der Waals surface area contributed by atoms with Crippen molar-refractivity contribution in [3.63, 3.8) is 0 Å². The zero-order valence-electron chi connectivity index (χ0n) is 13.0. The average Bonchev–Trinajstić information content (AvgIpc) is 2.40. The molecule has 0 unspecified atom stereocenters. The highest BCUT2D eigenvalue weighted by molar-refractivity contribution is 7.89. The molecule has 0 saturated heterocycles. The van der Waals surface area contributed by atoms with E-state index in [9.17, 15) is 8.42 Å². The second-order valence-electron chi connectivity index (χ2n) is 5.92. The number of hydrogen-bond donors (Lipinski definition) is 0. The molecule has 2 rings (SSSR count). The third kappa shape index (κ3) is 3.43. The lowest BCUT2D eigenvalue weighted by Crippen LogP contribution is -2.37. The summed E-state index contributed by atoms with van der Waals surface area (Å²) < 4.78 is 27.5. The maximum atomic E-state index is 13.0. The first-order chi connectivity index (χ1) is 9.90. The van der Waals surface area contributed by atoms with Crippen LogP contribution >= 0.6 is 11.6 Å². The number of aryl methyl sites for hydroxylation is 1. The molecule has 21 heavy (non-hydrogen) atoms. The van der Waals surface area contributed by atoms with Crippen LogP contribution in [0.3, 0.4) is 0 Å². The van der Waals surface area contributed by atoms with Crippen molar-refractivity contribution in [3.05, 3.63) is 28.8 Å². The quantitative estimate of drug-likeness (QED) is 0.743. The standard InChI is InChI=1S/C16H24ClNO2S/c1-4-18(11-14-6-5-7-14)21(19,20)16-9-15(10-17)8-12(2)13(16)3/h8-9,14H,4-7,10-11H2,1-3H3. The van der Waals surface area contributed by atoms with E-state index >= 15 is 0 Å². The van der Waals surface area contributed by atoms with Crippen molar-refractivity contribution in [2.24, 2.45) is 5.92 Å². The first kappa shape index (κ1) is 16.8. The van der Waals surface area contributed by atoms with Gasteiger partial charge in [0.05, 0.1) is 4.90 Å². The fourth-order valence-corrected chi connectivity index (χ4v) is 4.77. The van der Waals surface area contributed by atoms with E-state index in [4.69, 9.17) is 11.6 Å². The number of halogens is 1. The first-order valence-electron chi connectivity index (χ1n) is 7.56. The van der Waals surface area contributed by atoms with Gasteiger partial charge in [-0.3, -0.25) is 0 Å². The van der Waals surface area contributed by atoms with E-state index in [2.05, 4.69) is 0 Å². The van der Waals surface area contributed by atoms with Gasteiger partial charge >= 0.3 is 0 Å². The summed E-state index contributed by atoms with van der Waals surface area (Å²) in [5, 5.41) is 0. The molecule has 0 spiro atoms. The van der Waals surface area contributed by atoms with E-state index < -0.39 is 10.0 Å². The van der Waals surface area contributed by atoms with Gasteiger partial charge in [-0.2, -0.15) is 4.31 Å². The maximum Gasteiger partial charge on any atom is 0.243 e. The largest absolute Gasteiger partial charge is 0.243 e. The van der Waals surface area contributed by atoms with Crippen LogP contribution in [0, 0.1) is 19.8 Å². The van der Waals surface area contributed by atoms with Crippen molar-refractivity contribution >= 4 is 21.6 Å². The minimum atomic E-state index is -3.43. The number of hydrogen-bond acceptors (Lipinski definition) is 2. The average molecular weight is 330 g/mol. The molecular formula is C16H24ClNO2S. The van der Waals surface area contributed by atoms with Crippen LogP contribution in [0.2, 0.25) is 0 Å². The Balaban J connectivity index is 2.39. The highest BCUT2D eigenvalue weighted by Gasteiger charge is 2.30. The zero-order valence-corrected chi connectivity index (χ0v) is 14.6. The molecule has 0 aliphatic heterocycles. The highest BCUT2D eigenvalue weighted by atomic mass is 35.5. The van der Waals surface area contributed by atoms with E-state index in [-0.39, 0.29) is 0 Å². The topological polar surface area (TPSA) is 37.4 Å². The fourth-order valence-electron chi connectivity index (χ4n) is 2.74. The summed E-state index contributed by atoms with van der Waals surface area (Å²) in [6, 6.07) is 3.69. The minimum absolute atomic E-state index is 0.332. The number of benzene rings is 1. The lowest BCUT2D eigenvalue weighted by molar-refractivity contribution is 0.250. The van der Waals surface area contributed by atoms with Gasteiger partial charge in [0.1, 0.15) is 0 Å². The molecule has 0 N–H and O–H groups in total. The predicted octanol–water partition coefficient (Wildman–Crippen LogP) is 3.85. The van der Waals surface area contributed by atoms with Gasteiger partial charge < -0.3 is 0 Å².